The Labute approximate surface area is 71.7 Å². The first-order chi connectivity index (χ1) is 5.46. The van der Waals surface area contributed by atoms with Gasteiger partial charge in [0.15, 0.2) is 0 Å². The van der Waals surface area contributed by atoms with E-state index in [4.69, 9.17) is 5.73 Å². The van der Waals surface area contributed by atoms with Gasteiger partial charge in [0, 0.05) is 19.0 Å². The fourth-order valence-corrected chi connectivity index (χ4v) is 2.00. The minimum Gasteiger partial charge on any atom is -0.329 e. The zero-order valence-electron chi connectivity index (χ0n) is 7.56. The first-order valence-corrected chi connectivity index (χ1v) is 4.24. The summed E-state index contributed by atoms with van der Waals surface area (Å²) in [6, 6.07) is 0.115. The summed E-state index contributed by atoms with van der Waals surface area (Å²) in [6.45, 7) is 2.15. The standard InChI is InChI=1S/C8H16F2N2/c1-6-3-8(9,10)5-12(2)7(6)4-11/h6-7H,3-5,11H2,1-2H3/t6-,7-/m1/s1. The molecule has 0 radical (unpaired) electrons. The van der Waals surface area contributed by atoms with Crippen LogP contribution in [-0.2, 0) is 0 Å². The van der Waals surface area contributed by atoms with Crippen molar-refractivity contribution in [1.82, 2.24) is 4.90 Å². The van der Waals surface area contributed by atoms with E-state index in [0.717, 1.165) is 0 Å². The second kappa shape index (κ2) is 3.26. The molecule has 0 aromatic carbocycles. The highest BCUT2D eigenvalue weighted by molar-refractivity contribution is 4.88. The molecule has 0 amide bonds. The number of likely N-dealkylation sites (tertiary alicyclic amines) is 1. The molecule has 2 atom stereocenters. The molecule has 0 unspecified atom stereocenters. The van der Waals surface area contributed by atoms with Crippen LogP contribution in [0.1, 0.15) is 13.3 Å². The van der Waals surface area contributed by atoms with Crippen molar-refractivity contribution in [3.05, 3.63) is 0 Å². The van der Waals surface area contributed by atoms with Crippen molar-refractivity contribution in [2.24, 2.45) is 11.7 Å². The third kappa shape index (κ3) is 1.93. The molecule has 2 nitrogen and oxygen atoms in total. The molecule has 4 heteroatoms. The minimum absolute atomic E-state index is 0.0104. The van der Waals surface area contributed by atoms with Crippen LogP contribution in [0.15, 0.2) is 0 Å². The SMILES string of the molecule is C[C@@H]1CC(F)(F)CN(C)[C@@H]1CN. The molecule has 1 heterocycles. The molecule has 1 saturated heterocycles. The molecule has 1 aliphatic rings. The van der Waals surface area contributed by atoms with Crippen LogP contribution in [0.2, 0.25) is 0 Å². The van der Waals surface area contributed by atoms with E-state index >= 15 is 0 Å². The summed E-state index contributed by atoms with van der Waals surface area (Å²) in [7, 11) is 1.71. The molecule has 1 fully saturated rings. The largest absolute Gasteiger partial charge is 0.329 e. The van der Waals surface area contributed by atoms with E-state index in [1.54, 1.807) is 11.9 Å². The van der Waals surface area contributed by atoms with Crippen LogP contribution in [0.4, 0.5) is 8.78 Å². The van der Waals surface area contributed by atoms with Gasteiger partial charge in [0.25, 0.3) is 5.92 Å². The maximum atomic E-state index is 12.9. The van der Waals surface area contributed by atoms with Crippen LogP contribution < -0.4 is 5.73 Å². The first-order valence-electron chi connectivity index (χ1n) is 4.24. The van der Waals surface area contributed by atoms with Crippen LogP contribution in [0.5, 0.6) is 0 Å². The van der Waals surface area contributed by atoms with Gasteiger partial charge in [-0.1, -0.05) is 6.92 Å². The Morgan fingerprint density at radius 1 is 1.58 bits per heavy atom. The van der Waals surface area contributed by atoms with Crippen molar-refractivity contribution in [3.63, 3.8) is 0 Å². The van der Waals surface area contributed by atoms with Crippen molar-refractivity contribution in [2.75, 3.05) is 20.1 Å². The van der Waals surface area contributed by atoms with E-state index < -0.39 is 5.92 Å². The first kappa shape index (κ1) is 9.86. The molecular weight excluding hydrogens is 162 g/mol. The number of piperidine rings is 1. The number of likely N-dealkylation sites (N-methyl/N-ethyl adjacent to an activating group) is 1. The summed E-state index contributed by atoms with van der Waals surface area (Å²) in [5, 5.41) is 0. The predicted octanol–water partition coefficient (Wildman–Crippen LogP) is 0.921. The number of alkyl halides is 2. The predicted molar refractivity (Wildman–Crippen MR) is 44.2 cm³/mol. The fourth-order valence-electron chi connectivity index (χ4n) is 2.00. The molecule has 0 aromatic rings. The van der Waals surface area contributed by atoms with Crippen molar-refractivity contribution in [1.29, 1.82) is 0 Å². The van der Waals surface area contributed by atoms with Gasteiger partial charge in [0.1, 0.15) is 0 Å². The molecule has 1 rings (SSSR count). The number of nitrogens with two attached hydrogens (primary N) is 1. The zero-order valence-corrected chi connectivity index (χ0v) is 7.56. The van der Waals surface area contributed by atoms with E-state index in [-0.39, 0.29) is 24.9 Å². The summed E-state index contributed by atoms with van der Waals surface area (Å²) in [5.41, 5.74) is 5.49. The zero-order chi connectivity index (χ0) is 9.35. The van der Waals surface area contributed by atoms with E-state index in [0.29, 0.717) is 6.54 Å². The number of hydrogen-bond donors (Lipinski definition) is 1. The second-order valence-corrected chi connectivity index (χ2v) is 3.76. The lowest BCUT2D eigenvalue weighted by Gasteiger charge is -2.40. The number of rotatable bonds is 1. The maximum absolute atomic E-state index is 12.9. The summed E-state index contributed by atoms with van der Waals surface area (Å²) in [5.74, 6) is -2.54. The van der Waals surface area contributed by atoms with Gasteiger partial charge in [-0.25, -0.2) is 8.78 Å². The maximum Gasteiger partial charge on any atom is 0.260 e. The summed E-state index contributed by atoms with van der Waals surface area (Å²) in [6.07, 6.45) is -0.0286. The normalized spacial score (nSPS) is 36.8. The van der Waals surface area contributed by atoms with Crippen LogP contribution >= 0.6 is 0 Å². The van der Waals surface area contributed by atoms with E-state index in [2.05, 4.69) is 0 Å². The van der Waals surface area contributed by atoms with Crippen LogP contribution in [-0.4, -0.2) is 37.0 Å². The lowest BCUT2D eigenvalue weighted by Crippen LogP contribution is -2.53. The average molecular weight is 178 g/mol. The third-order valence-corrected chi connectivity index (χ3v) is 2.57. The quantitative estimate of drug-likeness (QED) is 0.647. The molecular formula is C8H16F2N2. The molecule has 0 spiro atoms. The van der Waals surface area contributed by atoms with E-state index in [1.165, 1.54) is 0 Å². The molecule has 72 valence electrons. The second-order valence-electron chi connectivity index (χ2n) is 3.76. The van der Waals surface area contributed by atoms with E-state index in [1.807, 2.05) is 6.92 Å². The van der Waals surface area contributed by atoms with Gasteiger partial charge < -0.3 is 5.73 Å². The lowest BCUT2D eigenvalue weighted by atomic mass is 9.89. The molecule has 0 saturated carbocycles. The summed E-state index contributed by atoms with van der Waals surface area (Å²) in [4.78, 5) is 1.66. The molecule has 12 heavy (non-hydrogen) atoms. The lowest BCUT2D eigenvalue weighted by molar-refractivity contribution is -0.0940. The van der Waals surface area contributed by atoms with Gasteiger partial charge in [-0.2, -0.15) is 0 Å². The van der Waals surface area contributed by atoms with Crippen molar-refractivity contribution in [3.8, 4) is 0 Å². The van der Waals surface area contributed by atoms with Crippen molar-refractivity contribution in [2.45, 2.75) is 25.3 Å². The molecule has 0 bridgehead atoms. The topological polar surface area (TPSA) is 29.3 Å². The Morgan fingerprint density at radius 2 is 2.17 bits per heavy atom. The Morgan fingerprint density at radius 3 is 2.58 bits per heavy atom. The highest BCUT2D eigenvalue weighted by atomic mass is 19.3. The monoisotopic (exact) mass is 178 g/mol. The van der Waals surface area contributed by atoms with Crippen LogP contribution in [0, 0.1) is 5.92 Å². The van der Waals surface area contributed by atoms with Gasteiger partial charge in [0.2, 0.25) is 0 Å². The highest BCUT2D eigenvalue weighted by Gasteiger charge is 2.41. The minimum atomic E-state index is -2.53. The van der Waals surface area contributed by atoms with Crippen LogP contribution in [0.3, 0.4) is 0 Å². The van der Waals surface area contributed by atoms with Crippen molar-refractivity contribution >= 4 is 0 Å². The molecule has 0 aliphatic carbocycles. The Hall–Kier alpha value is -0.220. The fraction of sp³-hybridized carbons (Fsp3) is 1.00. The third-order valence-electron chi connectivity index (χ3n) is 2.57. The Bertz CT molecular complexity index is 147. The smallest absolute Gasteiger partial charge is 0.260 e. The van der Waals surface area contributed by atoms with Crippen molar-refractivity contribution < 1.29 is 8.78 Å². The van der Waals surface area contributed by atoms with Gasteiger partial charge in [0.05, 0.1) is 6.54 Å². The van der Waals surface area contributed by atoms with Gasteiger partial charge in [-0.3, -0.25) is 4.90 Å². The van der Waals surface area contributed by atoms with Gasteiger partial charge >= 0.3 is 0 Å². The number of halogens is 2. The van der Waals surface area contributed by atoms with E-state index in [9.17, 15) is 8.78 Å². The van der Waals surface area contributed by atoms with Gasteiger partial charge in [-0.05, 0) is 13.0 Å². The summed E-state index contributed by atoms with van der Waals surface area (Å²) < 4.78 is 25.9. The summed E-state index contributed by atoms with van der Waals surface area (Å²) >= 11 is 0. The average Bonchev–Trinajstić information content (AvgIpc) is 1.82. The number of nitrogens with zero attached hydrogens (tertiary/aromatic N) is 1. The number of hydrogen-bond acceptors (Lipinski definition) is 2. The van der Waals surface area contributed by atoms with Crippen LogP contribution in [0.25, 0.3) is 0 Å². The molecule has 2 N–H and O–H groups in total. The Kier molecular flexibility index (Phi) is 2.68. The van der Waals surface area contributed by atoms with Gasteiger partial charge in [-0.15, -0.1) is 0 Å². The molecule has 0 aromatic heterocycles. The molecule has 1 aliphatic heterocycles. The highest BCUT2D eigenvalue weighted by Crippen LogP contribution is 2.32. The Balaban J connectivity index is 2.63.